The molecule has 0 saturated heterocycles. The molecule has 0 aliphatic rings. The molecule has 0 aromatic carbocycles. The van der Waals surface area contributed by atoms with Crippen molar-refractivity contribution in [2.45, 2.75) is 72.3 Å². The molecule has 1 nitrogen and oxygen atoms in total. The third-order valence-electron chi connectivity index (χ3n) is 2.88. The molecule has 0 fully saturated rings. The van der Waals surface area contributed by atoms with E-state index >= 15 is 0 Å². The zero-order chi connectivity index (χ0) is 12.6. The second kappa shape index (κ2) is 7.67. The SMILES string of the molecule is CC=C(C)CCC=C(C)CCCC(C)(C)O. The Bertz CT molecular complexity index is 241. The van der Waals surface area contributed by atoms with E-state index in [9.17, 15) is 5.11 Å². The lowest BCUT2D eigenvalue weighted by atomic mass is 9.99. The Hall–Kier alpha value is -0.560. The predicted molar refractivity (Wildman–Crippen MR) is 72.6 cm³/mol. The van der Waals surface area contributed by atoms with Crippen molar-refractivity contribution in [1.82, 2.24) is 0 Å². The third kappa shape index (κ3) is 9.97. The molecule has 0 aliphatic carbocycles. The Morgan fingerprint density at radius 2 is 1.75 bits per heavy atom. The van der Waals surface area contributed by atoms with Crippen LogP contribution >= 0.6 is 0 Å². The van der Waals surface area contributed by atoms with Crippen LogP contribution in [0.15, 0.2) is 23.3 Å². The first-order valence-corrected chi connectivity index (χ1v) is 6.35. The van der Waals surface area contributed by atoms with Crippen molar-refractivity contribution in [3.8, 4) is 0 Å². The van der Waals surface area contributed by atoms with Crippen molar-refractivity contribution in [3.05, 3.63) is 23.3 Å². The molecule has 0 aromatic rings. The number of aliphatic hydroxyl groups is 1. The van der Waals surface area contributed by atoms with Gasteiger partial charge in [0.25, 0.3) is 0 Å². The quantitative estimate of drug-likeness (QED) is 0.626. The zero-order valence-electron chi connectivity index (χ0n) is 11.6. The van der Waals surface area contributed by atoms with Crippen molar-refractivity contribution < 1.29 is 5.11 Å². The van der Waals surface area contributed by atoms with Crippen LogP contribution in [0.1, 0.15) is 66.7 Å². The van der Waals surface area contributed by atoms with Gasteiger partial charge in [-0.05, 0) is 66.7 Å². The van der Waals surface area contributed by atoms with Gasteiger partial charge in [-0.25, -0.2) is 0 Å². The van der Waals surface area contributed by atoms with Gasteiger partial charge < -0.3 is 5.11 Å². The van der Waals surface area contributed by atoms with Gasteiger partial charge in [0.2, 0.25) is 0 Å². The maximum absolute atomic E-state index is 9.58. The van der Waals surface area contributed by atoms with E-state index < -0.39 is 5.60 Å². The monoisotopic (exact) mass is 224 g/mol. The Kier molecular flexibility index (Phi) is 7.40. The van der Waals surface area contributed by atoms with Crippen molar-refractivity contribution in [1.29, 1.82) is 0 Å². The van der Waals surface area contributed by atoms with Crippen LogP contribution in [0.4, 0.5) is 0 Å². The number of hydrogen-bond acceptors (Lipinski definition) is 1. The van der Waals surface area contributed by atoms with Gasteiger partial charge in [0, 0.05) is 0 Å². The number of hydrogen-bond donors (Lipinski definition) is 1. The minimum absolute atomic E-state index is 0.512. The average Bonchev–Trinajstić information content (AvgIpc) is 2.15. The standard InChI is InChI=1S/C15H28O/c1-6-13(2)9-7-10-14(3)11-8-12-15(4,5)16/h6,10,16H,7-9,11-12H2,1-5H3. The maximum Gasteiger partial charge on any atom is 0.0591 e. The Labute approximate surface area is 101 Å². The normalized spacial score (nSPS) is 14.4. The van der Waals surface area contributed by atoms with Crippen LogP contribution in [0, 0.1) is 0 Å². The molecular weight excluding hydrogens is 196 g/mol. The summed E-state index contributed by atoms with van der Waals surface area (Å²) in [5.41, 5.74) is 2.40. The highest BCUT2D eigenvalue weighted by Crippen LogP contribution is 2.16. The van der Waals surface area contributed by atoms with E-state index in [0.717, 1.165) is 25.7 Å². The second-order valence-electron chi connectivity index (χ2n) is 5.39. The Balaban J connectivity index is 3.72. The first-order chi connectivity index (χ1) is 7.35. The van der Waals surface area contributed by atoms with Crippen LogP contribution in [0.5, 0.6) is 0 Å². The lowest BCUT2D eigenvalue weighted by molar-refractivity contribution is 0.0689. The first kappa shape index (κ1) is 15.4. The highest BCUT2D eigenvalue weighted by atomic mass is 16.3. The summed E-state index contributed by atoms with van der Waals surface area (Å²) in [5.74, 6) is 0. The molecule has 1 heteroatoms. The van der Waals surface area contributed by atoms with Crippen LogP contribution in [-0.2, 0) is 0 Å². The van der Waals surface area contributed by atoms with Crippen molar-refractivity contribution in [2.75, 3.05) is 0 Å². The van der Waals surface area contributed by atoms with E-state index in [4.69, 9.17) is 0 Å². The van der Waals surface area contributed by atoms with E-state index in [-0.39, 0.29) is 0 Å². The molecule has 0 aromatic heterocycles. The molecule has 0 unspecified atom stereocenters. The minimum Gasteiger partial charge on any atom is -0.390 e. The van der Waals surface area contributed by atoms with Gasteiger partial charge in [-0.1, -0.05) is 23.3 Å². The van der Waals surface area contributed by atoms with Crippen LogP contribution in [0.3, 0.4) is 0 Å². The van der Waals surface area contributed by atoms with Gasteiger partial charge in [-0.3, -0.25) is 0 Å². The number of rotatable bonds is 7. The molecule has 1 N–H and O–H groups in total. The summed E-state index contributed by atoms with van der Waals surface area (Å²) in [7, 11) is 0. The van der Waals surface area contributed by atoms with E-state index in [1.165, 1.54) is 17.6 Å². The first-order valence-electron chi connectivity index (χ1n) is 6.35. The van der Waals surface area contributed by atoms with Crippen LogP contribution < -0.4 is 0 Å². The summed E-state index contributed by atoms with van der Waals surface area (Å²) < 4.78 is 0. The van der Waals surface area contributed by atoms with Crippen LogP contribution in [0.2, 0.25) is 0 Å². The van der Waals surface area contributed by atoms with Gasteiger partial charge in [-0.2, -0.15) is 0 Å². The molecule has 94 valence electrons. The summed E-state index contributed by atoms with van der Waals surface area (Å²) in [4.78, 5) is 0. The summed E-state index contributed by atoms with van der Waals surface area (Å²) in [6, 6.07) is 0. The summed E-state index contributed by atoms with van der Waals surface area (Å²) in [6.45, 7) is 10.2. The molecule has 0 radical (unpaired) electrons. The highest BCUT2D eigenvalue weighted by molar-refractivity contribution is 5.02. The lowest BCUT2D eigenvalue weighted by Gasteiger charge is -2.16. The van der Waals surface area contributed by atoms with Crippen molar-refractivity contribution in [3.63, 3.8) is 0 Å². The number of allylic oxidation sites excluding steroid dienone is 4. The van der Waals surface area contributed by atoms with Crippen molar-refractivity contribution in [2.24, 2.45) is 0 Å². The second-order valence-corrected chi connectivity index (χ2v) is 5.39. The third-order valence-corrected chi connectivity index (χ3v) is 2.88. The molecule has 16 heavy (non-hydrogen) atoms. The van der Waals surface area contributed by atoms with E-state index in [1.54, 1.807) is 0 Å². The Morgan fingerprint density at radius 1 is 1.12 bits per heavy atom. The van der Waals surface area contributed by atoms with E-state index in [0.29, 0.717) is 0 Å². The summed E-state index contributed by atoms with van der Waals surface area (Å²) in [6.07, 6.45) is 9.89. The molecule has 0 saturated carbocycles. The minimum atomic E-state index is -0.512. The smallest absolute Gasteiger partial charge is 0.0591 e. The Morgan fingerprint density at radius 3 is 2.25 bits per heavy atom. The fourth-order valence-electron chi connectivity index (χ4n) is 1.59. The molecule has 0 rings (SSSR count). The lowest BCUT2D eigenvalue weighted by Crippen LogP contribution is -2.17. The predicted octanol–water partition coefficient (Wildman–Crippen LogP) is 4.62. The van der Waals surface area contributed by atoms with Crippen molar-refractivity contribution >= 4 is 0 Å². The van der Waals surface area contributed by atoms with E-state index in [2.05, 4.69) is 32.9 Å². The highest BCUT2D eigenvalue weighted by Gasteiger charge is 2.10. The molecule has 0 heterocycles. The molecule has 0 bridgehead atoms. The average molecular weight is 224 g/mol. The van der Waals surface area contributed by atoms with Crippen LogP contribution in [-0.4, -0.2) is 10.7 Å². The van der Waals surface area contributed by atoms with Gasteiger partial charge in [0.1, 0.15) is 0 Å². The van der Waals surface area contributed by atoms with E-state index in [1.807, 2.05) is 13.8 Å². The molecule has 0 amide bonds. The molecule has 0 spiro atoms. The summed E-state index contributed by atoms with van der Waals surface area (Å²) in [5, 5.41) is 9.58. The molecule has 0 aliphatic heterocycles. The maximum atomic E-state index is 9.58. The largest absolute Gasteiger partial charge is 0.390 e. The fraction of sp³-hybridized carbons (Fsp3) is 0.733. The van der Waals surface area contributed by atoms with Gasteiger partial charge in [0.05, 0.1) is 5.60 Å². The topological polar surface area (TPSA) is 20.2 Å². The molecule has 0 atom stereocenters. The van der Waals surface area contributed by atoms with Gasteiger partial charge in [-0.15, -0.1) is 0 Å². The van der Waals surface area contributed by atoms with Gasteiger partial charge >= 0.3 is 0 Å². The summed E-state index contributed by atoms with van der Waals surface area (Å²) >= 11 is 0. The van der Waals surface area contributed by atoms with Gasteiger partial charge in [0.15, 0.2) is 0 Å². The van der Waals surface area contributed by atoms with Crippen LogP contribution in [0.25, 0.3) is 0 Å². The molecular formula is C15H28O. The zero-order valence-corrected chi connectivity index (χ0v) is 11.6. The fourth-order valence-corrected chi connectivity index (χ4v) is 1.59.